The number of nitrogens with zero attached hydrogens (tertiary/aromatic N) is 6. The molecule has 0 unspecified atom stereocenters. The number of hydrogen-bond acceptors (Lipinski definition) is 5. The van der Waals surface area contributed by atoms with Crippen molar-refractivity contribution in [3.05, 3.63) is 144 Å². The number of fused-ring (bicyclic) bond motifs is 5. The standard InChI is InChI=1S/C39H20F2N6/c40-32-17-24(22-43)18-33(41)35(32)27-15-16-29-34(19-27)44-37(26-7-3-1-4-8-26)31-20-30(25-13-11-23(21-42)12-14-25)38-39(36(29)31)46-47(45-38)28-9-5-2-6-10-28/h1-20H. The number of aromatic nitrogens is 4. The molecule has 0 fully saturated rings. The van der Waals surface area contributed by atoms with E-state index in [0.29, 0.717) is 33.4 Å². The fraction of sp³-hybridized carbons (Fsp3) is 0. The normalized spacial score (nSPS) is 11.1. The first kappa shape index (κ1) is 27.8. The van der Waals surface area contributed by atoms with Crippen LogP contribution in [0.1, 0.15) is 11.1 Å². The summed E-state index contributed by atoms with van der Waals surface area (Å²) < 4.78 is 30.3. The van der Waals surface area contributed by atoms with Crippen molar-refractivity contribution in [2.75, 3.05) is 0 Å². The van der Waals surface area contributed by atoms with Gasteiger partial charge in [0, 0.05) is 27.3 Å². The molecule has 0 aliphatic carbocycles. The zero-order valence-corrected chi connectivity index (χ0v) is 24.5. The number of pyridine rings is 1. The van der Waals surface area contributed by atoms with Gasteiger partial charge in [-0.3, -0.25) is 0 Å². The molecule has 6 nitrogen and oxygen atoms in total. The van der Waals surface area contributed by atoms with Gasteiger partial charge in [-0.25, -0.2) is 13.8 Å². The first-order chi connectivity index (χ1) is 23.0. The van der Waals surface area contributed by atoms with Crippen LogP contribution in [0.5, 0.6) is 0 Å². The first-order valence-electron chi connectivity index (χ1n) is 14.7. The molecule has 0 spiro atoms. The molecule has 0 bridgehead atoms. The van der Waals surface area contributed by atoms with E-state index in [1.54, 1.807) is 41.2 Å². The molecule has 2 heterocycles. The lowest BCUT2D eigenvalue weighted by atomic mass is 9.92. The van der Waals surface area contributed by atoms with E-state index in [1.807, 2.05) is 78.9 Å². The van der Waals surface area contributed by atoms with Gasteiger partial charge >= 0.3 is 0 Å². The van der Waals surface area contributed by atoms with Gasteiger partial charge in [0.1, 0.15) is 22.7 Å². The Kier molecular flexibility index (Phi) is 6.49. The van der Waals surface area contributed by atoms with Crippen LogP contribution in [0.15, 0.2) is 121 Å². The van der Waals surface area contributed by atoms with E-state index in [4.69, 9.17) is 15.2 Å². The molecule has 8 rings (SSSR count). The average molecular weight is 611 g/mol. The summed E-state index contributed by atoms with van der Waals surface area (Å²) in [5.41, 5.74) is 6.25. The molecule has 0 atom stereocenters. The maximum Gasteiger partial charge on any atom is 0.135 e. The molecule has 47 heavy (non-hydrogen) atoms. The van der Waals surface area contributed by atoms with E-state index in [2.05, 4.69) is 6.07 Å². The Bertz CT molecular complexity index is 2580. The van der Waals surface area contributed by atoms with E-state index in [0.717, 1.165) is 50.7 Å². The van der Waals surface area contributed by atoms with Crippen LogP contribution >= 0.6 is 0 Å². The third kappa shape index (κ3) is 4.64. The summed E-state index contributed by atoms with van der Waals surface area (Å²) in [6.45, 7) is 0. The van der Waals surface area contributed by atoms with Gasteiger partial charge in [0.15, 0.2) is 0 Å². The summed E-state index contributed by atoms with van der Waals surface area (Å²) in [5.74, 6) is -1.66. The maximum atomic E-state index is 15.2. The predicted octanol–water partition coefficient (Wildman–Crippen LogP) is 9.14. The fourth-order valence-electron chi connectivity index (χ4n) is 6.05. The van der Waals surface area contributed by atoms with Gasteiger partial charge in [-0.05, 0) is 59.7 Å². The highest BCUT2D eigenvalue weighted by molar-refractivity contribution is 6.23. The summed E-state index contributed by atoms with van der Waals surface area (Å²) in [7, 11) is 0. The second-order valence-corrected chi connectivity index (χ2v) is 11.0. The third-order valence-electron chi connectivity index (χ3n) is 8.24. The molecule has 0 amide bonds. The molecule has 2 aromatic heterocycles. The maximum absolute atomic E-state index is 15.2. The molecular weight excluding hydrogens is 590 g/mol. The molecule has 8 heteroatoms. The van der Waals surface area contributed by atoms with E-state index in [-0.39, 0.29) is 11.1 Å². The van der Waals surface area contributed by atoms with Gasteiger partial charge in [0.05, 0.1) is 45.7 Å². The topological polar surface area (TPSA) is 91.2 Å². The van der Waals surface area contributed by atoms with Crippen molar-refractivity contribution in [1.29, 1.82) is 10.5 Å². The summed E-state index contributed by atoms with van der Waals surface area (Å²) in [6, 6.07) is 39.8. The minimum Gasteiger partial charge on any atom is -0.247 e. The second-order valence-electron chi connectivity index (χ2n) is 11.0. The first-order valence-corrected chi connectivity index (χ1v) is 14.7. The highest BCUT2D eigenvalue weighted by Crippen LogP contribution is 2.42. The summed E-state index contributed by atoms with van der Waals surface area (Å²) in [4.78, 5) is 6.69. The van der Waals surface area contributed by atoms with Gasteiger partial charge in [-0.2, -0.15) is 15.3 Å². The molecule has 0 radical (unpaired) electrons. The van der Waals surface area contributed by atoms with Gasteiger partial charge in [0.2, 0.25) is 0 Å². The number of hydrogen-bond donors (Lipinski definition) is 0. The lowest BCUT2D eigenvalue weighted by Crippen LogP contribution is -1.97. The Balaban J connectivity index is 1.50. The van der Waals surface area contributed by atoms with Crippen molar-refractivity contribution >= 4 is 32.7 Å². The van der Waals surface area contributed by atoms with E-state index in [9.17, 15) is 10.5 Å². The van der Waals surface area contributed by atoms with Crippen molar-refractivity contribution in [3.63, 3.8) is 0 Å². The van der Waals surface area contributed by atoms with Crippen molar-refractivity contribution in [2.45, 2.75) is 0 Å². The molecule has 0 aliphatic heterocycles. The van der Waals surface area contributed by atoms with Crippen LogP contribution < -0.4 is 0 Å². The highest BCUT2D eigenvalue weighted by Gasteiger charge is 2.22. The summed E-state index contributed by atoms with van der Waals surface area (Å²) in [6.07, 6.45) is 0. The average Bonchev–Trinajstić information content (AvgIpc) is 3.57. The van der Waals surface area contributed by atoms with Crippen molar-refractivity contribution in [1.82, 2.24) is 20.0 Å². The highest BCUT2D eigenvalue weighted by atomic mass is 19.1. The van der Waals surface area contributed by atoms with Crippen LogP contribution in [0, 0.1) is 34.3 Å². The van der Waals surface area contributed by atoms with E-state index >= 15 is 8.78 Å². The Morgan fingerprint density at radius 2 is 1.21 bits per heavy atom. The second kappa shape index (κ2) is 11.0. The van der Waals surface area contributed by atoms with Gasteiger partial charge in [-0.15, -0.1) is 10.2 Å². The smallest absolute Gasteiger partial charge is 0.135 e. The van der Waals surface area contributed by atoms with Gasteiger partial charge in [-0.1, -0.05) is 72.8 Å². The van der Waals surface area contributed by atoms with Crippen LogP contribution in [0.25, 0.3) is 71.9 Å². The van der Waals surface area contributed by atoms with Crippen molar-refractivity contribution in [3.8, 4) is 51.3 Å². The largest absolute Gasteiger partial charge is 0.247 e. The zero-order chi connectivity index (χ0) is 32.1. The van der Waals surface area contributed by atoms with Crippen LogP contribution in [0.3, 0.4) is 0 Å². The Labute approximate surface area is 267 Å². The quantitative estimate of drug-likeness (QED) is 0.185. The van der Waals surface area contributed by atoms with Gasteiger partial charge < -0.3 is 0 Å². The summed E-state index contributed by atoms with van der Waals surface area (Å²) in [5, 5.41) is 30.9. The van der Waals surface area contributed by atoms with Crippen LogP contribution in [-0.4, -0.2) is 20.0 Å². The Morgan fingerprint density at radius 1 is 0.574 bits per heavy atom. The molecule has 0 aliphatic rings. The fourth-order valence-corrected chi connectivity index (χ4v) is 6.05. The lowest BCUT2D eigenvalue weighted by molar-refractivity contribution is 0.589. The predicted molar refractivity (Wildman–Crippen MR) is 177 cm³/mol. The third-order valence-corrected chi connectivity index (χ3v) is 8.24. The molecule has 0 saturated heterocycles. The van der Waals surface area contributed by atoms with E-state index in [1.165, 1.54) is 0 Å². The molecular formula is C39H20F2N6. The van der Waals surface area contributed by atoms with Crippen LogP contribution in [0.2, 0.25) is 0 Å². The van der Waals surface area contributed by atoms with Crippen molar-refractivity contribution < 1.29 is 8.78 Å². The lowest BCUT2D eigenvalue weighted by Gasteiger charge is -2.14. The SMILES string of the molecule is N#Cc1ccc(-c2cc3c(-c4ccccc4)nc4cc(-c5c(F)cc(C#N)cc5F)ccc4c3c3nn(-c4ccccc4)nc23)cc1. The number of para-hydroxylation sites is 1. The number of benzene rings is 6. The summed E-state index contributed by atoms with van der Waals surface area (Å²) >= 11 is 0. The molecule has 0 saturated carbocycles. The Hall–Kier alpha value is -6.77. The van der Waals surface area contributed by atoms with Crippen molar-refractivity contribution in [2.24, 2.45) is 0 Å². The zero-order valence-electron chi connectivity index (χ0n) is 24.5. The molecule has 8 aromatic rings. The number of halogens is 2. The van der Waals surface area contributed by atoms with Gasteiger partial charge in [0.25, 0.3) is 0 Å². The minimum atomic E-state index is -0.828. The Morgan fingerprint density at radius 3 is 1.89 bits per heavy atom. The molecule has 220 valence electrons. The molecule has 6 aromatic carbocycles. The number of rotatable bonds is 4. The van der Waals surface area contributed by atoms with Crippen LogP contribution in [0.4, 0.5) is 8.78 Å². The number of nitriles is 2. The molecule has 0 N–H and O–H groups in total. The monoisotopic (exact) mass is 610 g/mol. The minimum absolute atomic E-state index is 0.0954. The van der Waals surface area contributed by atoms with E-state index < -0.39 is 11.6 Å². The van der Waals surface area contributed by atoms with Crippen LogP contribution in [-0.2, 0) is 0 Å².